The highest BCUT2D eigenvalue weighted by atomic mass is 79.9. The molecule has 0 saturated carbocycles. The molecule has 0 radical (unpaired) electrons. The molecule has 0 fully saturated rings. The van der Waals surface area contributed by atoms with Gasteiger partial charge in [0.2, 0.25) is 0 Å². The largest absolute Gasteiger partial charge is 0.417 e. The van der Waals surface area contributed by atoms with Crippen LogP contribution in [0.1, 0.15) is 0 Å². The zero-order valence-electron chi connectivity index (χ0n) is 6.95. The van der Waals surface area contributed by atoms with Crippen LogP contribution in [0.25, 0.3) is 11.1 Å². The molecule has 5 nitrogen and oxygen atoms in total. The van der Waals surface area contributed by atoms with E-state index in [9.17, 15) is 17.1 Å². The van der Waals surface area contributed by atoms with Crippen LogP contribution in [0.3, 0.4) is 0 Å². The van der Waals surface area contributed by atoms with Gasteiger partial charge in [-0.2, -0.15) is 8.42 Å². The van der Waals surface area contributed by atoms with Crippen molar-refractivity contribution in [1.82, 2.24) is 4.98 Å². The Labute approximate surface area is 91.2 Å². The summed E-state index contributed by atoms with van der Waals surface area (Å²) in [5.74, 6) is -0.731. The van der Waals surface area contributed by atoms with Crippen molar-refractivity contribution in [2.75, 3.05) is 0 Å². The number of hydrogen-bond acceptors (Lipinski definition) is 4. The van der Waals surface area contributed by atoms with Crippen LogP contribution in [0.15, 0.2) is 30.7 Å². The van der Waals surface area contributed by atoms with Crippen molar-refractivity contribution < 1.29 is 16.7 Å². The van der Waals surface area contributed by atoms with Crippen molar-refractivity contribution in [1.29, 1.82) is 0 Å². The number of benzene rings is 1. The molecule has 0 amide bonds. The molecule has 0 spiro atoms. The Bertz CT molecular complexity index is 687. The number of aromatic nitrogens is 1. The number of rotatable bonds is 1. The van der Waals surface area contributed by atoms with Crippen molar-refractivity contribution in [3.8, 4) is 0 Å². The lowest BCUT2D eigenvalue weighted by Crippen LogP contribution is -1.93. The SMILES string of the molecule is O=c1[nH]c2cc(Br)c(S(=O)(=O)F)cc2o1. The van der Waals surface area contributed by atoms with E-state index in [1.54, 1.807) is 0 Å². The summed E-state index contributed by atoms with van der Waals surface area (Å²) in [7, 11) is -4.84. The Balaban J connectivity index is 2.89. The number of H-pyrrole nitrogens is 1. The van der Waals surface area contributed by atoms with Crippen molar-refractivity contribution >= 4 is 37.3 Å². The molecule has 1 N–H and O–H groups in total. The van der Waals surface area contributed by atoms with E-state index in [-0.39, 0.29) is 10.1 Å². The molecule has 1 heterocycles. The smallest absolute Gasteiger partial charge is 0.408 e. The van der Waals surface area contributed by atoms with E-state index < -0.39 is 20.9 Å². The van der Waals surface area contributed by atoms with Gasteiger partial charge in [-0.15, -0.1) is 3.89 Å². The molecule has 0 atom stereocenters. The van der Waals surface area contributed by atoms with Gasteiger partial charge in [-0.05, 0) is 22.0 Å². The van der Waals surface area contributed by atoms with Crippen LogP contribution in [0.2, 0.25) is 0 Å². The zero-order chi connectivity index (χ0) is 11.2. The normalized spacial score (nSPS) is 12.1. The lowest BCUT2D eigenvalue weighted by molar-refractivity contribution is 0.546. The fourth-order valence-electron chi connectivity index (χ4n) is 1.14. The molecule has 0 aliphatic rings. The summed E-state index contributed by atoms with van der Waals surface area (Å²) in [6.45, 7) is 0. The maximum atomic E-state index is 12.7. The Morgan fingerprint density at radius 3 is 2.67 bits per heavy atom. The van der Waals surface area contributed by atoms with E-state index in [2.05, 4.69) is 25.3 Å². The van der Waals surface area contributed by atoms with Crippen molar-refractivity contribution in [2.24, 2.45) is 0 Å². The van der Waals surface area contributed by atoms with Gasteiger partial charge in [0.1, 0.15) is 4.90 Å². The molecule has 0 aliphatic heterocycles. The molecule has 0 aliphatic carbocycles. The molecule has 8 heteroatoms. The maximum Gasteiger partial charge on any atom is 0.417 e. The van der Waals surface area contributed by atoms with Gasteiger partial charge in [0.15, 0.2) is 5.58 Å². The third kappa shape index (κ3) is 1.82. The number of hydrogen-bond donors (Lipinski definition) is 1. The van der Waals surface area contributed by atoms with Gasteiger partial charge in [0.25, 0.3) is 0 Å². The van der Waals surface area contributed by atoms with Gasteiger partial charge in [-0.3, -0.25) is 4.98 Å². The van der Waals surface area contributed by atoms with Gasteiger partial charge < -0.3 is 4.42 Å². The molecule has 80 valence electrons. The minimum atomic E-state index is -4.84. The van der Waals surface area contributed by atoms with Crippen LogP contribution < -0.4 is 5.76 Å². The Kier molecular flexibility index (Phi) is 2.19. The van der Waals surface area contributed by atoms with Gasteiger partial charge >= 0.3 is 16.0 Å². The van der Waals surface area contributed by atoms with Crippen LogP contribution in [0, 0.1) is 0 Å². The molecule has 1 aromatic carbocycles. The second-order valence-corrected chi connectivity index (χ2v) is 4.90. The Hall–Kier alpha value is -1.15. The third-order valence-corrected chi connectivity index (χ3v) is 3.52. The van der Waals surface area contributed by atoms with Crippen LogP contribution in [0.5, 0.6) is 0 Å². The molecular formula is C7H3BrFNO4S. The number of halogens is 2. The first-order valence-corrected chi connectivity index (χ1v) is 5.82. The fourth-order valence-corrected chi connectivity index (χ4v) is 2.60. The minimum Gasteiger partial charge on any atom is -0.408 e. The van der Waals surface area contributed by atoms with Crippen LogP contribution in [0.4, 0.5) is 3.89 Å². The van der Waals surface area contributed by atoms with Gasteiger partial charge in [0, 0.05) is 10.5 Å². The Morgan fingerprint density at radius 2 is 2.07 bits per heavy atom. The first-order chi connectivity index (χ1) is 6.88. The summed E-state index contributed by atoms with van der Waals surface area (Å²) >= 11 is 2.88. The van der Waals surface area contributed by atoms with E-state index in [1.165, 1.54) is 6.07 Å². The van der Waals surface area contributed by atoms with Crippen molar-refractivity contribution in [2.45, 2.75) is 4.90 Å². The van der Waals surface area contributed by atoms with E-state index in [1.807, 2.05) is 0 Å². The number of oxazole rings is 1. The molecule has 0 unspecified atom stereocenters. The molecule has 0 bridgehead atoms. The lowest BCUT2D eigenvalue weighted by atomic mass is 10.3. The summed E-state index contributed by atoms with van der Waals surface area (Å²) < 4.78 is 38.7. The summed E-state index contributed by atoms with van der Waals surface area (Å²) in [6, 6.07) is 2.19. The number of nitrogens with one attached hydrogen (secondary N) is 1. The van der Waals surface area contributed by atoms with E-state index in [0.717, 1.165) is 6.07 Å². The van der Waals surface area contributed by atoms with Crippen LogP contribution in [-0.4, -0.2) is 13.4 Å². The first-order valence-electron chi connectivity index (χ1n) is 3.65. The molecule has 15 heavy (non-hydrogen) atoms. The average Bonchev–Trinajstić information content (AvgIpc) is 2.40. The molecule has 0 saturated heterocycles. The molecule has 2 rings (SSSR count). The zero-order valence-corrected chi connectivity index (χ0v) is 9.35. The van der Waals surface area contributed by atoms with Crippen LogP contribution in [-0.2, 0) is 10.2 Å². The van der Waals surface area contributed by atoms with E-state index >= 15 is 0 Å². The fraction of sp³-hybridized carbons (Fsp3) is 0. The quantitative estimate of drug-likeness (QED) is 0.809. The highest BCUT2D eigenvalue weighted by molar-refractivity contribution is 9.10. The summed E-state index contributed by atoms with van der Waals surface area (Å²) in [4.78, 5) is 12.5. The first kappa shape index (κ1) is 10.4. The highest BCUT2D eigenvalue weighted by Crippen LogP contribution is 2.27. The monoisotopic (exact) mass is 295 g/mol. The summed E-state index contributed by atoms with van der Waals surface area (Å²) in [6.07, 6.45) is 0. The van der Waals surface area contributed by atoms with E-state index in [0.29, 0.717) is 5.52 Å². The predicted octanol–water partition coefficient (Wildman–Crippen LogP) is 1.54. The molecule has 2 aromatic rings. The predicted molar refractivity (Wildman–Crippen MR) is 52.8 cm³/mol. The van der Waals surface area contributed by atoms with E-state index in [4.69, 9.17) is 0 Å². The molecular weight excluding hydrogens is 293 g/mol. The van der Waals surface area contributed by atoms with Gasteiger partial charge in [-0.1, -0.05) is 0 Å². The summed E-state index contributed by atoms with van der Waals surface area (Å²) in [5.41, 5.74) is 0.277. The maximum absolute atomic E-state index is 12.7. The van der Waals surface area contributed by atoms with Gasteiger partial charge in [-0.25, -0.2) is 4.79 Å². The highest BCUT2D eigenvalue weighted by Gasteiger charge is 2.18. The topological polar surface area (TPSA) is 80.1 Å². The molecule has 1 aromatic heterocycles. The minimum absolute atomic E-state index is 0.0144. The van der Waals surface area contributed by atoms with Crippen LogP contribution >= 0.6 is 15.9 Å². The second-order valence-electron chi connectivity index (χ2n) is 2.73. The standard InChI is InChI=1S/C7H3BrFNO4S/c8-3-1-4-5(14-7(11)10-4)2-6(3)15(9,12)13/h1-2H,(H,10,11). The van der Waals surface area contributed by atoms with Gasteiger partial charge in [0.05, 0.1) is 5.52 Å². The number of aromatic amines is 1. The van der Waals surface area contributed by atoms with Crippen molar-refractivity contribution in [3.05, 3.63) is 27.2 Å². The third-order valence-electron chi connectivity index (χ3n) is 1.74. The average molecular weight is 296 g/mol. The lowest BCUT2D eigenvalue weighted by Gasteiger charge is -1.97. The second kappa shape index (κ2) is 3.17. The van der Waals surface area contributed by atoms with Crippen molar-refractivity contribution in [3.63, 3.8) is 0 Å². The Morgan fingerprint density at radius 1 is 1.40 bits per heavy atom. The number of fused-ring (bicyclic) bond motifs is 1. The summed E-state index contributed by atoms with van der Waals surface area (Å²) in [5, 5.41) is 0.